The predicted octanol–water partition coefficient (Wildman–Crippen LogP) is 3.39. The first-order valence-corrected chi connectivity index (χ1v) is 6.28. The van der Waals surface area contributed by atoms with E-state index in [1.54, 1.807) is 13.3 Å². The molecule has 0 saturated carbocycles. The molecule has 1 unspecified atom stereocenters. The Bertz CT molecular complexity index is 520. The summed E-state index contributed by atoms with van der Waals surface area (Å²) in [5.74, 6) is 0.459. The van der Waals surface area contributed by atoms with Crippen LogP contribution < -0.4 is 9.47 Å². The summed E-state index contributed by atoms with van der Waals surface area (Å²) in [5.41, 5.74) is 1.07. The Balaban J connectivity index is 2.14. The van der Waals surface area contributed by atoms with Gasteiger partial charge in [-0.3, -0.25) is 0 Å². The third-order valence-corrected chi connectivity index (χ3v) is 2.98. The molecular weight excluding hydrogens is 296 g/mol. The molecule has 1 aromatic heterocycles. The third kappa shape index (κ3) is 2.98. The Kier molecular flexibility index (Phi) is 4.15. The first-order valence-electron chi connectivity index (χ1n) is 5.49. The number of ether oxygens (including phenoxy) is 2. The standard InChI is InChI=1S/C13H13BrN2O2/c1-9(10-6-4-3-5-7-10)18-13-15-8-11(14)12(16-13)17-2/h3-9H,1-2H3. The van der Waals surface area contributed by atoms with Crippen LogP contribution in [0, 0.1) is 0 Å². The summed E-state index contributed by atoms with van der Waals surface area (Å²) in [6.45, 7) is 1.95. The van der Waals surface area contributed by atoms with E-state index in [2.05, 4.69) is 25.9 Å². The van der Waals surface area contributed by atoms with Gasteiger partial charge in [0.1, 0.15) is 6.10 Å². The molecule has 18 heavy (non-hydrogen) atoms. The molecule has 4 nitrogen and oxygen atoms in total. The topological polar surface area (TPSA) is 44.2 Å². The fourth-order valence-corrected chi connectivity index (χ4v) is 1.84. The van der Waals surface area contributed by atoms with Gasteiger partial charge in [-0.15, -0.1) is 0 Å². The molecule has 0 aliphatic carbocycles. The van der Waals surface area contributed by atoms with Gasteiger partial charge in [-0.2, -0.15) is 4.98 Å². The van der Waals surface area contributed by atoms with E-state index < -0.39 is 0 Å². The van der Waals surface area contributed by atoms with Crippen molar-refractivity contribution in [2.75, 3.05) is 7.11 Å². The van der Waals surface area contributed by atoms with Crippen LogP contribution in [0.5, 0.6) is 11.9 Å². The number of benzene rings is 1. The minimum Gasteiger partial charge on any atom is -0.480 e. The molecule has 1 aromatic carbocycles. The minimum atomic E-state index is -0.114. The fraction of sp³-hybridized carbons (Fsp3) is 0.231. The van der Waals surface area contributed by atoms with Crippen LogP contribution in [0.4, 0.5) is 0 Å². The Morgan fingerprint density at radius 1 is 1.22 bits per heavy atom. The van der Waals surface area contributed by atoms with Crippen molar-refractivity contribution >= 4 is 15.9 Å². The van der Waals surface area contributed by atoms with Crippen molar-refractivity contribution in [3.05, 3.63) is 46.6 Å². The number of nitrogens with zero attached hydrogens (tertiary/aromatic N) is 2. The zero-order chi connectivity index (χ0) is 13.0. The highest BCUT2D eigenvalue weighted by atomic mass is 79.9. The van der Waals surface area contributed by atoms with Crippen molar-refractivity contribution in [1.82, 2.24) is 9.97 Å². The van der Waals surface area contributed by atoms with Crippen LogP contribution in [0.15, 0.2) is 41.0 Å². The van der Waals surface area contributed by atoms with E-state index in [1.165, 1.54) is 0 Å². The minimum absolute atomic E-state index is 0.114. The van der Waals surface area contributed by atoms with Gasteiger partial charge in [0.2, 0.25) is 5.88 Å². The predicted molar refractivity (Wildman–Crippen MR) is 71.8 cm³/mol. The van der Waals surface area contributed by atoms with Crippen LogP contribution in [-0.4, -0.2) is 17.1 Å². The first kappa shape index (κ1) is 12.8. The van der Waals surface area contributed by atoms with E-state index in [-0.39, 0.29) is 6.10 Å². The highest BCUT2D eigenvalue weighted by Gasteiger charge is 2.11. The van der Waals surface area contributed by atoms with Crippen molar-refractivity contribution in [3.8, 4) is 11.9 Å². The number of rotatable bonds is 4. The molecule has 0 saturated heterocycles. The molecule has 0 radical (unpaired) electrons. The van der Waals surface area contributed by atoms with E-state index in [0.717, 1.165) is 5.56 Å². The van der Waals surface area contributed by atoms with E-state index >= 15 is 0 Å². The lowest BCUT2D eigenvalue weighted by atomic mass is 10.1. The summed E-state index contributed by atoms with van der Waals surface area (Å²) in [6.07, 6.45) is 1.50. The Hall–Kier alpha value is -1.62. The van der Waals surface area contributed by atoms with Gasteiger partial charge in [0.15, 0.2) is 0 Å². The SMILES string of the molecule is COc1nc(OC(C)c2ccccc2)ncc1Br. The lowest BCUT2D eigenvalue weighted by molar-refractivity contribution is 0.204. The van der Waals surface area contributed by atoms with E-state index in [1.807, 2.05) is 37.3 Å². The Morgan fingerprint density at radius 2 is 1.94 bits per heavy atom. The number of halogens is 1. The zero-order valence-corrected chi connectivity index (χ0v) is 11.7. The molecule has 0 N–H and O–H groups in total. The van der Waals surface area contributed by atoms with Gasteiger partial charge in [0, 0.05) is 0 Å². The van der Waals surface area contributed by atoms with Crippen LogP contribution in [0.3, 0.4) is 0 Å². The second kappa shape index (κ2) is 5.82. The average Bonchev–Trinajstić information content (AvgIpc) is 2.42. The molecular formula is C13H13BrN2O2. The highest BCUT2D eigenvalue weighted by Crippen LogP contribution is 2.25. The molecule has 5 heteroatoms. The molecule has 0 bridgehead atoms. The number of methoxy groups -OCH3 is 1. The maximum Gasteiger partial charge on any atom is 0.320 e. The van der Waals surface area contributed by atoms with Crippen LogP contribution in [-0.2, 0) is 0 Å². The largest absolute Gasteiger partial charge is 0.480 e. The van der Waals surface area contributed by atoms with Crippen LogP contribution in [0.2, 0.25) is 0 Å². The van der Waals surface area contributed by atoms with Crippen molar-refractivity contribution in [2.24, 2.45) is 0 Å². The molecule has 1 heterocycles. The number of hydrogen-bond donors (Lipinski definition) is 0. The van der Waals surface area contributed by atoms with Gasteiger partial charge < -0.3 is 9.47 Å². The summed E-state index contributed by atoms with van der Waals surface area (Å²) in [6, 6.07) is 10.2. The van der Waals surface area contributed by atoms with Gasteiger partial charge in [-0.1, -0.05) is 30.3 Å². The van der Waals surface area contributed by atoms with E-state index in [4.69, 9.17) is 9.47 Å². The summed E-state index contributed by atoms with van der Waals surface area (Å²) in [4.78, 5) is 8.25. The molecule has 0 fully saturated rings. The first-order chi connectivity index (χ1) is 8.70. The molecule has 0 aliphatic heterocycles. The van der Waals surface area contributed by atoms with Gasteiger partial charge in [0.25, 0.3) is 0 Å². The molecule has 2 rings (SSSR count). The Morgan fingerprint density at radius 3 is 2.61 bits per heavy atom. The second-order valence-corrected chi connectivity index (χ2v) is 4.53. The number of aromatic nitrogens is 2. The molecule has 0 amide bonds. The van der Waals surface area contributed by atoms with Crippen LogP contribution >= 0.6 is 15.9 Å². The normalized spacial score (nSPS) is 11.9. The summed E-state index contributed by atoms with van der Waals surface area (Å²) in [5, 5.41) is 0. The van der Waals surface area contributed by atoms with E-state index in [0.29, 0.717) is 16.4 Å². The van der Waals surface area contributed by atoms with E-state index in [9.17, 15) is 0 Å². The monoisotopic (exact) mass is 308 g/mol. The van der Waals surface area contributed by atoms with Crippen LogP contribution in [0.1, 0.15) is 18.6 Å². The molecule has 1 atom stereocenters. The second-order valence-electron chi connectivity index (χ2n) is 3.68. The quantitative estimate of drug-likeness (QED) is 0.868. The van der Waals surface area contributed by atoms with Gasteiger partial charge in [-0.25, -0.2) is 4.98 Å². The summed E-state index contributed by atoms with van der Waals surface area (Å²) >= 11 is 3.30. The van der Waals surface area contributed by atoms with Crippen LogP contribution in [0.25, 0.3) is 0 Å². The lowest BCUT2D eigenvalue weighted by Crippen LogP contribution is -2.06. The molecule has 0 spiro atoms. The Labute approximate surface area is 114 Å². The van der Waals surface area contributed by atoms with Crippen molar-refractivity contribution in [2.45, 2.75) is 13.0 Å². The molecule has 94 valence electrons. The lowest BCUT2D eigenvalue weighted by Gasteiger charge is -2.13. The average molecular weight is 309 g/mol. The van der Waals surface area contributed by atoms with Gasteiger partial charge in [-0.05, 0) is 28.4 Å². The summed E-state index contributed by atoms with van der Waals surface area (Å²) < 4.78 is 11.5. The zero-order valence-electron chi connectivity index (χ0n) is 10.1. The summed E-state index contributed by atoms with van der Waals surface area (Å²) in [7, 11) is 1.55. The van der Waals surface area contributed by atoms with Crippen molar-refractivity contribution in [1.29, 1.82) is 0 Å². The van der Waals surface area contributed by atoms with Crippen molar-refractivity contribution < 1.29 is 9.47 Å². The fourth-order valence-electron chi connectivity index (χ4n) is 1.49. The van der Waals surface area contributed by atoms with Gasteiger partial charge in [0.05, 0.1) is 17.8 Å². The molecule has 2 aromatic rings. The third-order valence-electron chi connectivity index (χ3n) is 2.43. The maximum absolute atomic E-state index is 5.67. The van der Waals surface area contributed by atoms with Gasteiger partial charge >= 0.3 is 6.01 Å². The highest BCUT2D eigenvalue weighted by molar-refractivity contribution is 9.10. The smallest absolute Gasteiger partial charge is 0.320 e. The molecule has 0 aliphatic rings. The van der Waals surface area contributed by atoms with Crippen molar-refractivity contribution in [3.63, 3.8) is 0 Å². The number of hydrogen-bond acceptors (Lipinski definition) is 4. The maximum atomic E-state index is 5.67.